The SMILES string of the molecule is Cc1ccc(NC(=O)NCc2cc(NC3=CC(=O)N(C4CCC(=O)NC4=O)C3=O)cc(C(=O)CN(C)C)c2)cc1Cl. The Balaban J connectivity index is 1.51. The number of carbonyl (C=O) groups excluding carboxylic acids is 6. The molecular formula is C28H29ClN6O6. The maximum absolute atomic E-state index is 13.1. The van der Waals surface area contributed by atoms with Crippen molar-refractivity contribution in [2.45, 2.75) is 32.4 Å². The molecule has 2 aromatic rings. The molecule has 41 heavy (non-hydrogen) atoms. The lowest BCUT2D eigenvalue weighted by Gasteiger charge is -2.28. The van der Waals surface area contributed by atoms with Crippen LogP contribution in [0.25, 0.3) is 0 Å². The van der Waals surface area contributed by atoms with Gasteiger partial charge in [0.25, 0.3) is 11.8 Å². The maximum Gasteiger partial charge on any atom is 0.319 e. The van der Waals surface area contributed by atoms with Crippen molar-refractivity contribution in [3.8, 4) is 0 Å². The van der Waals surface area contributed by atoms with Gasteiger partial charge in [-0.05, 0) is 68.9 Å². The first-order valence-corrected chi connectivity index (χ1v) is 13.1. The van der Waals surface area contributed by atoms with Crippen LogP contribution >= 0.6 is 11.6 Å². The lowest BCUT2D eigenvalue weighted by molar-refractivity contribution is -0.149. The molecule has 1 fully saturated rings. The van der Waals surface area contributed by atoms with Crippen molar-refractivity contribution in [2.75, 3.05) is 31.3 Å². The van der Waals surface area contributed by atoms with E-state index in [9.17, 15) is 28.8 Å². The van der Waals surface area contributed by atoms with Gasteiger partial charge < -0.3 is 20.9 Å². The molecule has 4 rings (SSSR count). The number of ketones is 1. The number of halogens is 1. The summed E-state index contributed by atoms with van der Waals surface area (Å²) in [6.07, 6.45) is 1.11. The molecule has 1 atom stereocenters. The van der Waals surface area contributed by atoms with E-state index in [1.807, 2.05) is 6.92 Å². The Morgan fingerprint density at radius 3 is 2.51 bits per heavy atom. The number of Topliss-reactive ketones (excluding diaryl/α,β-unsaturated/α-hetero) is 1. The number of benzene rings is 2. The molecule has 0 aliphatic carbocycles. The van der Waals surface area contributed by atoms with Gasteiger partial charge in [0, 0.05) is 41.0 Å². The van der Waals surface area contributed by atoms with Crippen LogP contribution in [0.15, 0.2) is 48.2 Å². The van der Waals surface area contributed by atoms with Crippen LogP contribution in [-0.4, -0.2) is 71.9 Å². The van der Waals surface area contributed by atoms with E-state index in [0.29, 0.717) is 27.5 Å². The van der Waals surface area contributed by atoms with Crippen molar-refractivity contribution in [1.29, 1.82) is 0 Å². The van der Waals surface area contributed by atoms with Gasteiger partial charge in [-0.3, -0.25) is 34.2 Å². The number of carbonyl (C=O) groups is 6. The van der Waals surface area contributed by atoms with Crippen molar-refractivity contribution in [3.63, 3.8) is 0 Å². The van der Waals surface area contributed by atoms with E-state index in [1.54, 1.807) is 49.3 Å². The highest BCUT2D eigenvalue weighted by Crippen LogP contribution is 2.25. The van der Waals surface area contributed by atoms with Gasteiger partial charge in [-0.15, -0.1) is 0 Å². The molecule has 0 aromatic heterocycles. The molecule has 12 nitrogen and oxygen atoms in total. The fourth-order valence-corrected chi connectivity index (χ4v) is 4.57. The Kier molecular flexibility index (Phi) is 8.84. The highest BCUT2D eigenvalue weighted by atomic mass is 35.5. The summed E-state index contributed by atoms with van der Waals surface area (Å²) in [5.74, 6) is -2.81. The Morgan fingerprint density at radius 1 is 1.07 bits per heavy atom. The van der Waals surface area contributed by atoms with Gasteiger partial charge in [-0.2, -0.15) is 0 Å². The monoisotopic (exact) mass is 580 g/mol. The molecule has 0 bridgehead atoms. The number of hydrogen-bond acceptors (Lipinski definition) is 8. The molecule has 1 unspecified atom stereocenters. The molecule has 2 aliphatic rings. The molecule has 4 N–H and O–H groups in total. The first-order chi connectivity index (χ1) is 19.4. The van der Waals surface area contributed by atoms with Gasteiger partial charge in [0.2, 0.25) is 11.8 Å². The van der Waals surface area contributed by atoms with Crippen LogP contribution in [0.1, 0.15) is 34.3 Å². The van der Waals surface area contributed by atoms with Crippen molar-refractivity contribution >= 4 is 58.4 Å². The minimum atomic E-state index is -1.10. The third-order valence-corrected chi connectivity index (χ3v) is 6.82. The van der Waals surface area contributed by atoms with Crippen molar-refractivity contribution in [3.05, 3.63) is 69.9 Å². The first kappa shape index (κ1) is 29.4. The van der Waals surface area contributed by atoms with Gasteiger partial charge in [0.05, 0.1) is 6.54 Å². The maximum atomic E-state index is 13.1. The minimum absolute atomic E-state index is 0.00709. The van der Waals surface area contributed by atoms with E-state index in [1.165, 1.54) is 6.07 Å². The van der Waals surface area contributed by atoms with Crippen LogP contribution in [0.5, 0.6) is 0 Å². The first-order valence-electron chi connectivity index (χ1n) is 12.7. The number of likely N-dealkylation sites (N-methyl/N-ethyl adjacent to an activating group) is 1. The third kappa shape index (κ3) is 7.16. The number of piperidine rings is 1. The number of amides is 6. The summed E-state index contributed by atoms with van der Waals surface area (Å²) in [4.78, 5) is 77.4. The van der Waals surface area contributed by atoms with E-state index in [4.69, 9.17) is 11.6 Å². The van der Waals surface area contributed by atoms with Crippen molar-refractivity contribution in [1.82, 2.24) is 20.4 Å². The highest BCUT2D eigenvalue weighted by molar-refractivity contribution is 6.31. The third-order valence-electron chi connectivity index (χ3n) is 6.41. The van der Waals surface area contributed by atoms with Gasteiger partial charge in [0.15, 0.2) is 5.78 Å². The Hall–Kier alpha value is -4.55. The number of aryl methyl sites for hydroxylation is 1. The average molecular weight is 581 g/mol. The number of imide groups is 2. The molecule has 2 aliphatic heterocycles. The van der Waals surface area contributed by atoms with E-state index in [2.05, 4.69) is 21.3 Å². The number of urea groups is 1. The average Bonchev–Trinajstić information content (AvgIpc) is 3.17. The number of anilines is 2. The van der Waals surface area contributed by atoms with Crippen LogP contribution in [0.2, 0.25) is 5.02 Å². The summed E-state index contributed by atoms with van der Waals surface area (Å²) < 4.78 is 0. The summed E-state index contributed by atoms with van der Waals surface area (Å²) in [6.45, 7) is 2.01. The summed E-state index contributed by atoms with van der Waals surface area (Å²) in [5.41, 5.74) is 2.49. The molecule has 2 heterocycles. The summed E-state index contributed by atoms with van der Waals surface area (Å²) in [7, 11) is 3.50. The van der Waals surface area contributed by atoms with Gasteiger partial charge in [-0.25, -0.2) is 4.79 Å². The van der Waals surface area contributed by atoms with Crippen LogP contribution in [0.4, 0.5) is 16.2 Å². The molecule has 6 amide bonds. The molecule has 2 aromatic carbocycles. The van der Waals surface area contributed by atoms with Gasteiger partial charge in [0.1, 0.15) is 11.7 Å². The Labute approximate surface area is 241 Å². The van der Waals surface area contributed by atoms with Crippen LogP contribution in [-0.2, 0) is 25.7 Å². The lowest BCUT2D eigenvalue weighted by Crippen LogP contribution is -2.54. The Bertz CT molecular complexity index is 1490. The molecular weight excluding hydrogens is 552 g/mol. The number of nitrogens with zero attached hydrogens (tertiary/aromatic N) is 2. The smallest absolute Gasteiger partial charge is 0.319 e. The zero-order valence-corrected chi connectivity index (χ0v) is 23.4. The zero-order valence-electron chi connectivity index (χ0n) is 22.7. The van der Waals surface area contributed by atoms with Gasteiger partial charge in [-0.1, -0.05) is 17.7 Å². The van der Waals surface area contributed by atoms with Crippen LogP contribution in [0.3, 0.4) is 0 Å². The van der Waals surface area contributed by atoms with E-state index >= 15 is 0 Å². The molecule has 1 saturated heterocycles. The molecule has 13 heteroatoms. The zero-order chi connectivity index (χ0) is 29.8. The molecule has 0 radical (unpaired) electrons. The lowest BCUT2D eigenvalue weighted by atomic mass is 10.0. The van der Waals surface area contributed by atoms with E-state index in [0.717, 1.165) is 16.5 Å². The molecule has 214 valence electrons. The second-order valence-electron chi connectivity index (χ2n) is 10.0. The van der Waals surface area contributed by atoms with Crippen LogP contribution < -0.4 is 21.3 Å². The quantitative estimate of drug-likeness (QED) is 0.260. The topological polar surface area (TPSA) is 157 Å². The fourth-order valence-electron chi connectivity index (χ4n) is 4.39. The number of nitrogens with one attached hydrogen (secondary N) is 4. The normalized spacial score (nSPS) is 17.0. The summed E-state index contributed by atoms with van der Waals surface area (Å²) >= 11 is 6.13. The van der Waals surface area contributed by atoms with E-state index in [-0.39, 0.29) is 37.4 Å². The van der Waals surface area contributed by atoms with E-state index < -0.39 is 35.7 Å². The predicted molar refractivity (Wildman–Crippen MR) is 151 cm³/mol. The predicted octanol–water partition coefficient (Wildman–Crippen LogP) is 2.18. The standard InChI is InChI=1S/C28H29ClN6O6/c1-15-4-5-18(11-20(15)29)32-28(41)30-13-16-8-17(23(36)14-34(2)3)10-19(9-16)31-21-12-25(38)35(27(21)40)22-6-7-24(37)33-26(22)39/h4-5,8-12,22,31H,6-7,13-14H2,1-3H3,(H2,30,32,41)(H,33,37,39). The highest BCUT2D eigenvalue weighted by Gasteiger charge is 2.42. The van der Waals surface area contributed by atoms with Crippen molar-refractivity contribution in [2.24, 2.45) is 0 Å². The fraction of sp³-hybridized carbons (Fsp3) is 0.286. The summed E-state index contributed by atoms with van der Waals surface area (Å²) in [5, 5.41) is 11.0. The largest absolute Gasteiger partial charge is 0.351 e. The van der Waals surface area contributed by atoms with Crippen LogP contribution in [0, 0.1) is 6.92 Å². The van der Waals surface area contributed by atoms with Gasteiger partial charge >= 0.3 is 6.03 Å². The number of rotatable bonds is 9. The summed E-state index contributed by atoms with van der Waals surface area (Å²) in [6, 6.07) is 8.33. The minimum Gasteiger partial charge on any atom is -0.351 e. The number of hydrogen-bond donors (Lipinski definition) is 4. The second kappa shape index (κ2) is 12.3. The molecule has 0 spiro atoms. The second-order valence-corrected chi connectivity index (χ2v) is 10.4. The van der Waals surface area contributed by atoms with Crippen molar-refractivity contribution < 1.29 is 28.8 Å². The molecule has 0 saturated carbocycles. The Morgan fingerprint density at radius 2 is 1.83 bits per heavy atom.